The van der Waals surface area contributed by atoms with Gasteiger partial charge in [0.25, 0.3) is 0 Å². The highest BCUT2D eigenvalue weighted by atomic mass is 16.4. The van der Waals surface area contributed by atoms with Crippen molar-refractivity contribution in [2.45, 2.75) is 95.9 Å². The zero-order valence-electron chi connectivity index (χ0n) is 15.5. The highest BCUT2D eigenvalue weighted by Crippen LogP contribution is 2.38. The minimum atomic E-state index is -0.778. The first-order chi connectivity index (χ1) is 12.0. The number of allylic oxidation sites excluding steroid dienone is 2. The molecule has 0 aromatic heterocycles. The predicted molar refractivity (Wildman–Crippen MR) is 98.2 cm³/mol. The first-order valence-electron chi connectivity index (χ1n) is 9.86. The van der Waals surface area contributed by atoms with Crippen LogP contribution in [0.4, 0.5) is 0 Å². The Morgan fingerprint density at radius 3 is 2.48 bits per heavy atom. The van der Waals surface area contributed by atoms with Gasteiger partial charge < -0.3 is 20.4 Å². The van der Waals surface area contributed by atoms with E-state index in [1.54, 1.807) is 0 Å². The van der Waals surface area contributed by atoms with Crippen molar-refractivity contribution in [3.8, 4) is 0 Å². The van der Waals surface area contributed by atoms with E-state index >= 15 is 0 Å². The van der Waals surface area contributed by atoms with Crippen molar-refractivity contribution < 1.29 is 25.2 Å². The number of rotatable bonds is 13. The molecular formula is C20H36O5. The number of carboxylic acids is 1. The zero-order valence-corrected chi connectivity index (χ0v) is 15.5. The van der Waals surface area contributed by atoms with Crippen LogP contribution in [0.3, 0.4) is 0 Å². The van der Waals surface area contributed by atoms with Gasteiger partial charge in [0.2, 0.25) is 0 Å². The summed E-state index contributed by atoms with van der Waals surface area (Å²) in [6.45, 7) is 2.14. The molecule has 1 fully saturated rings. The maximum atomic E-state index is 10.5. The number of unbranched alkanes of at least 4 members (excludes halogenated alkanes) is 3. The fraction of sp³-hybridized carbons (Fsp3) is 0.850. The molecule has 1 saturated carbocycles. The molecule has 146 valence electrons. The average molecular weight is 357 g/mol. The molecule has 0 amide bonds. The van der Waals surface area contributed by atoms with E-state index < -0.39 is 18.2 Å². The van der Waals surface area contributed by atoms with Gasteiger partial charge in [-0.05, 0) is 56.8 Å². The molecule has 25 heavy (non-hydrogen) atoms. The van der Waals surface area contributed by atoms with E-state index in [1.165, 1.54) is 0 Å². The number of aliphatic carboxylic acids is 1. The Hall–Kier alpha value is -0.910. The molecule has 1 aliphatic carbocycles. The molecule has 0 aliphatic heterocycles. The van der Waals surface area contributed by atoms with Gasteiger partial charge in [-0.1, -0.05) is 38.3 Å². The summed E-state index contributed by atoms with van der Waals surface area (Å²) in [5, 5.41) is 39.1. The monoisotopic (exact) mass is 356 g/mol. The van der Waals surface area contributed by atoms with Crippen LogP contribution in [0, 0.1) is 11.8 Å². The summed E-state index contributed by atoms with van der Waals surface area (Å²) in [7, 11) is 0. The van der Waals surface area contributed by atoms with Gasteiger partial charge in [0, 0.05) is 6.42 Å². The van der Waals surface area contributed by atoms with Gasteiger partial charge in [0.05, 0.1) is 18.3 Å². The summed E-state index contributed by atoms with van der Waals surface area (Å²) in [4.78, 5) is 10.5. The summed E-state index contributed by atoms with van der Waals surface area (Å²) in [6.07, 6.45) is 10.8. The van der Waals surface area contributed by atoms with E-state index in [0.717, 1.165) is 38.5 Å². The van der Waals surface area contributed by atoms with E-state index in [2.05, 4.69) is 6.92 Å². The van der Waals surface area contributed by atoms with Gasteiger partial charge in [0.15, 0.2) is 0 Å². The van der Waals surface area contributed by atoms with Gasteiger partial charge in [-0.2, -0.15) is 0 Å². The van der Waals surface area contributed by atoms with E-state index in [4.69, 9.17) is 5.11 Å². The van der Waals surface area contributed by atoms with E-state index in [1.807, 2.05) is 12.2 Å². The fourth-order valence-electron chi connectivity index (χ4n) is 3.81. The largest absolute Gasteiger partial charge is 0.481 e. The summed E-state index contributed by atoms with van der Waals surface area (Å²) in [5.74, 6) is -0.728. The molecule has 0 spiro atoms. The van der Waals surface area contributed by atoms with Gasteiger partial charge in [-0.15, -0.1) is 0 Å². The predicted octanol–water partition coefficient (Wildman–Crippen LogP) is 3.27. The third-order valence-electron chi connectivity index (χ3n) is 5.33. The Morgan fingerprint density at radius 2 is 1.80 bits per heavy atom. The second kappa shape index (κ2) is 12.4. The molecule has 1 rings (SSSR count). The average Bonchev–Trinajstić information content (AvgIpc) is 2.82. The van der Waals surface area contributed by atoms with Crippen LogP contribution in [0.2, 0.25) is 0 Å². The molecule has 0 heterocycles. The Bertz CT molecular complexity index is 396. The Balaban J connectivity index is 2.36. The summed E-state index contributed by atoms with van der Waals surface area (Å²) in [5.41, 5.74) is 0. The van der Waals surface area contributed by atoms with Crippen LogP contribution >= 0.6 is 0 Å². The number of aliphatic hydroxyl groups excluding tert-OH is 3. The molecule has 4 N–H and O–H groups in total. The van der Waals surface area contributed by atoms with Crippen LogP contribution in [0.15, 0.2) is 12.2 Å². The Kier molecular flexibility index (Phi) is 11.0. The third-order valence-corrected chi connectivity index (χ3v) is 5.33. The van der Waals surface area contributed by atoms with Gasteiger partial charge in [0.1, 0.15) is 0 Å². The summed E-state index contributed by atoms with van der Waals surface area (Å²) >= 11 is 0. The minimum Gasteiger partial charge on any atom is -0.481 e. The molecule has 5 nitrogen and oxygen atoms in total. The van der Waals surface area contributed by atoms with E-state index in [9.17, 15) is 20.1 Å². The fourth-order valence-corrected chi connectivity index (χ4v) is 3.81. The van der Waals surface area contributed by atoms with E-state index in [0.29, 0.717) is 25.7 Å². The summed E-state index contributed by atoms with van der Waals surface area (Å²) in [6, 6.07) is 0. The van der Waals surface area contributed by atoms with Crippen LogP contribution < -0.4 is 0 Å². The molecule has 5 atom stereocenters. The molecule has 0 radical (unpaired) electrons. The van der Waals surface area contributed by atoms with Gasteiger partial charge in [-0.3, -0.25) is 4.79 Å². The zero-order chi connectivity index (χ0) is 18.7. The van der Waals surface area contributed by atoms with Crippen molar-refractivity contribution in [1.82, 2.24) is 0 Å². The second-order valence-corrected chi connectivity index (χ2v) is 7.42. The molecule has 5 heteroatoms. The van der Waals surface area contributed by atoms with Crippen molar-refractivity contribution in [1.29, 1.82) is 0 Å². The van der Waals surface area contributed by atoms with Crippen molar-refractivity contribution >= 4 is 5.97 Å². The SMILES string of the molecule is CCCCC[C@H](O)CC[C@@H]1[C@@H](C/C=C\CCCC(=O)O)[C@@H](O)C[C@H]1O. The maximum Gasteiger partial charge on any atom is 0.303 e. The molecule has 1 aliphatic rings. The molecule has 0 bridgehead atoms. The number of hydrogen-bond donors (Lipinski definition) is 4. The van der Waals surface area contributed by atoms with Crippen molar-refractivity contribution in [2.75, 3.05) is 0 Å². The quantitative estimate of drug-likeness (QED) is 0.300. The molecule has 0 aromatic rings. The lowest BCUT2D eigenvalue weighted by atomic mass is 9.85. The topological polar surface area (TPSA) is 98.0 Å². The molecule has 0 saturated heterocycles. The van der Waals surface area contributed by atoms with Gasteiger partial charge in [-0.25, -0.2) is 0 Å². The first-order valence-corrected chi connectivity index (χ1v) is 9.86. The Morgan fingerprint density at radius 1 is 1.08 bits per heavy atom. The van der Waals surface area contributed by atoms with Gasteiger partial charge >= 0.3 is 5.97 Å². The lowest BCUT2D eigenvalue weighted by Gasteiger charge is -2.23. The number of carbonyl (C=O) groups is 1. The number of hydrogen-bond acceptors (Lipinski definition) is 4. The molecule has 0 unspecified atom stereocenters. The summed E-state index contributed by atoms with van der Waals surface area (Å²) < 4.78 is 0. The highest BCUT2D eigenvalue weighted by Gasteiger charge is 2.40. The Labute approximate surface area is 151 Å². The smallest absolute Gasteiger partial charge is 0.303 e. The minimum absolute atomic E-state index is 0.0218. The van der Waals surface area contributed by atoms with Crippen LogP contribution in [-0.2, 0) is 4.79 Å². The maximum absolute atomic E-state index is 10.5. The van der Waals surface area contributed by atoms with Crippen LogP contribution in [0.25, 0.3) is 0 Å². The van der Waals surface area contributed by atoms with Crippen LogP contribution in [0.1, 0.15) is 77.6 Å². The molecular weight excluding hydrogens is 320 g/mol. The van der Waals surface area contributed by atoms with Crippen molar-refractivity contribution in [3.05, 3.63) is 12.2 Å². The molecule has 0 aromatic carbocycles. The normalized spacial score (nSPS) is 27.8. The standard InChI is InChI=1S/C20H36O5/c1-2-3-6-9-15(21)12-13-17-16(18(22)14-19(17)23)10-7-4-5-8-11-20(24)25/h4,7,15-19,21-23H,2-3,5-6,8-14H2,1H3,(H,24,25)/b7-4-/t15-,16+,17+,18-,19+/m0/s1. The third kappa shape index (κ3) is 8.84. The second-order valence-electron chi connectivity index (χ2n) is 7.42. The highest BCUT2D eigenvalue weighted by molar-refractivity contribution is 5.66. The first kappa shape index (κ1) is 22.1. The van der Waals surface area contributed by atoms with Crippen LogP contribution in [0.5, 0.6) is 0 Å². The van der Waals surface area contributed by atoms with Crippen molar-refractivity contribution in [2.24, 2.45) is 11.8 Å². The van der Waals surface area contributed by atoms with E-state index in [-0.39, 0.29) is 24.4 Å². The van der Waals surface area contributed by atoms with Crippen molar-refractivity contribution in [3.63, 3.8) is 0 Å². The lowest BCUT2D eigenvalue weighted by molar-refractivity contribution is -0.137. The number of carboxylic acid groups (broad SMARTS) is 1. The number of aliphatic hydroxyl groups is 3. The lowest BCUT2D eigenvalue weighted by Crippen LogP contribution is -2.23. The van der Waals surface area contributed by atoms with Crippen LogP contribution in [-0.4, -0.2) is 44.7 Å².